The van der Waals surface area contributed by atoms with Gasteiger partial charge in [-0.2, -0.15) is 0 Å². The van der Waals surface area contributed by atoms with Crippen molar-refractivity contribution < 1.29 is 19.1 Å². The number of rotatable bonds is 7. The Morgan fingerprint density at radius 3 is 2.27 bits per heavy atom. The summed E-state index contributed by atoms with van der Waals surface area (Å²) in [6.45, 7) is 3.07. The first-order valence-electron chi connectivity index (χ1n) is 13.5. The minimum absolute atomic E-state index is 0.0104. The standard InChI is InChI=1S/C31H35N5O4/c1-22(24-10-6-4-7-11-24)19-34-20-27-35(29(30(34)38)25-12-8-5-9-13-25)28(37)21-33(2)36(27)31(39)32-18-23-14-16-26(40-3)17-15-23/h4-17,22,27,29H,18-21H2,1-3H3,(H,32,39)/t22?,27-,29?/m0/s1. The molecule has 2 heterocycles. The van der Waals surface area contributed by atoms with Gasteiger partial charge in [-0.15, -0.1) is 0 Å². The Morgan fingerprint density at radius 1 is 0.975 bits per heavy atom. The molecule has 9 nitrogen and oxygen atoms in total. The smallest absolute Gasteiger partial charge is 0.334 e. The molecule has 3 aromatic rings. The molecule has 0 saturated carbocycles. The number of hydrogen-bond acceptors (Lipinski definition) is 5. The van der Waals surface area contributed by atoms with Crippen LogP contribution in [0.25, 0.3) is 0 Å². The van der Waals surface area contributed by atoms with Crippen molar-refractivity contribution in [2.45, 2.75) is 31.6 Å². The molecule has 3 aromatic carbocycles. The van der Waals surface area contributed by atoms with Crippen LogP contribution >= 0.6 is 0 Å². The molecule has 0 aliphatic carbocycles. The van der Waals surface area contributed by atoms with Crippen molar-refractivity contribution >= 4 is 17.8 Å². The Morgan fingerprint density at radius 2 is 1.62 bits per heavy atom. The van der Waals surface area contributed by atoms with E-state index in [9.17, 15) is 14.4 Å². The Balaban J connectivity index is 1.43. The number of urea groups is 1. The second kappa shape index (κ2) is 11.8. The fourth-order valence-electron chi connectivity index (χ4n) is 5.54. The lowest BCUT2D eigenvalue weighted by atomic mass is 9.96. The van der Waals surface area contributed by atoms with Crippen LogP contribution in [-0.2, 0) is 16.1 Å². The topological polar surface area (TPSA) is 85.4 Å². The van der Waals surface area contributed by atoms with Gasteiger partial charge < -0.3 is 19.9 Å². The lowest BCUT2D eigenvalue weighted by Gasteiger charge is -2.54. The molecule has 2 unspecified atom stereocenters. The summed E-state index contributed by atoms with van der Waals surface area (Å²) in [7, 11) is 3.34. The predicted octanol–water partition coefficient (Wildman–Crippen LogP) is 3.61. The fourth-order valence-corrected chi connectivity index (χ4v) is 5.54. The van der Waals surface area contributed by atoms with Crippen molar-refractivity contribution in [1.82, 2.24) is 25.1 Å². The zero-order valence-electron chi connectivity index (χ0n) is 23.1. The van der Waals surface area contributed by atoms with E-state index < -0.39 is 12.2 Å². The number of nitrogens with zero attached hydrogens (tertiary/aromatic N) is 4. The molecule has 2 fully saturated rings. The van der Waals surface area contributed by atoms with Gasteiger partial charge in [-0.3, -0.25) is 9.59 Å². The number of nitrogens with one attached hydrogen (secondary N) is 1. The maximum Gasteiger partial charge on any atom is 0.334 e. The van der Waals surface area contributed by atoms with Crippen LogP contribution in [0.3, 0.4) is 0 Å². The molecule has 2 aliphatic heterocycles. The zero-order valence-corrected chi connectivity index (χ0v) is 23.1. The molecule has 40 heavy (non-hydrogen) atoms. The van der Waals surface area contributed by atoms with Crippen LogP contribution in [0.15, 0.2) is 84.9 Å². The molecule has 2 saturated heterocycles. The van der Waals surface area contributed by atoms with E-state index in [2.05, 4.69) is 24.4 Å². The lowest BCUT2D eigenvalue weighted by Crippen LogP contribution is -2.73. The fraction of sp³-hybridized carbons (Fsp3) is 0.323. The maximum absolute atomic E-state index is 14.0. The van der Waals surface area contributed by atoms with Crippen molar-refractivity contribution in [3.63, 3.8) is 0 Å². The summed E-state index contributed by atoms with van der Waals surface area (Å²) < 4.78 is 5.22. The van der Waals surface area contributed by atoms with Crippen LogP contribution in [0, 0.1) is 0 Å². The summed E-state index contributed by atoms with van der Waals surface area (Å²) in [6, 6.07) is 25.7. The van der Waals surface area contributed by atoms with Gasteiger partial charge in [-0.1, -0.05) is 79.7 Å². The lowest BCUT2D eigenvalue weighted by molar-refractivity contribution is -0.187. The molecule has 2 aliphatic rings. The number of hydrazine groups is 1. The van der Waals surface area contributed by atoms with Gasteiger partial charge in [0.15, 0.2) is 0 Å². The van der Waals surface area contributed by atoms with Crippen molar-refractivity contribution in [3.8, 4) is 5.75 Å². The molecule has 9 heteroatoms. The van der Waals surface area contributed by atoms with Gasteiger partial charge in [0, 0.05) is 20.1 Å². The average molecular weight is 542 g/mol. The summed E-state index contributed by atoms with van der Waals surface area (Å²) in [4.78, 5) is 44.5. The largest absolute Gasteiger partial charge is 0.497 e. The average Bonchev–Trinajstić information content (AvgIpc) is 2.98. The third kappa shape index (κ3) is 5.51. The molecular weight excluding hydrogens is 506 g/mol. The van der Waals surface area contributed by atoms with Crippen LogP contribution in [-0.4, -0.2) is 77.6 Å². The van der Waals surface area contributed by atoms with Gasteiger partial charge >= 0.3 is 6.03 Å². The van der Waals surface area contributed by atoms with Gasteiger partial charge in [-0.25, -0.2) is 14.8 Å². The molecular formula is C31H35N5O4. The molecule has 3 atom stereocenters. The van der Waals surface area contributed by atoms with E-state index in [0.717, 1.165) is 22.4 Å². The summed E-state index contributed by atoms with van der Waals surface area (Å²) in [6.07, 6.45) is -0.659. The number of amides is 4. The maximum atomic E-state index is 14.0. The first-order chi connectivity index (χ1) is 19.4. The van der Waals surface area contributed by atoms with Crippen LogP contribution in [0.5, 0.6) is 5.75 Å². The minimum Gasteiger partial charge on any atom is -0.497 e. The molecule has 1 N–H and O–H groups in total. The second-order valence-electron chi connectivity index (χ2n) is 10.3. The number of carbonyl (C=O) groups is 3. The number of ether oxygens (including phenoxy) is 1. The van der Waals surface area contributed by atoms with E-state index in [0.29, 0.717) is 13.1 Å². The van der Waals surface area contributed by atoms with Gasteiger partial charge in [0.1, 0.15) is 18.0 Å². The molecule has 208 valence electrons. The number of benzene rings is 3. The normalized spacial score (nSPS) is 20.2. The number of piperazine rings is 1. The quantitative estimate of drug-likeness (QED) is 0.494. The van der Waals surface area contributed by atoms with Crippen molar-refractivity contribution in [2.75, 3.05) is 33.8 Å². The molecule has 0 bridgehead atoms. The molecule has 0 aromatic heterocycles. The van der Waals surface area contributed by atoms with Crippen molar-refractivity contribution in [1.29, 1.82) is 0 Å². The highest BCUT2D eigenvalue weighted by Gasteiger charge is 2.51. The number of likely N-dealkylation sites (N-methyl/N-ethyl adjacent to an activating group) is 1. The number of carbonyl (C=O) groups excluding carboxylic acids is 3. The van der Waals surface area contributed by atoms with E-state index in [1.54, 1.807) is 34.0 Å². The van der Waals surface area contributed by atoms with Gasteiger partial charge in [0.05, 0.1) is 20.2 Å². The summed E-state index contributed by atoms with van der Waals surface area (Å²) >= 11 is 0. The number of hydrogen-bond donors (Lipinski definition) is 1. The van der Waals surface area contributed by atoms with Crippen molar-refractivity contribution in [3.05, 3.63) is 102 Å². The summed E-state index contributed by atoms with van der Waals surface area (Å²) in [5, 5.41) is 6.21. The van der Waals surface area contributed by atoms with Crippen LogP contribution in [0.2, 0.25) is 0 Å². The van der Waals surface area contributed by atoms with E-state index in [1.807, 2.05) is 72.8 Å². The van der Waals surface area contributed by atoms with Crippen molar-refractivity contribution in [2.24, 2.45) is 0 Å². The van der Waals surface area contributed by atoms with Gasteiger partial charge in [0.25, 0.3) is 0 Å². The Bertz CT molecular complexity index is 1330. The van der Waals surface area contributed by atoms with E-state index in [4.69, 9.17) is 4.74 Å². The number of methoxy groups -OCH3 is 1. The highest BCUT2D eigenvalue weighted by Crippen LogP contribution is 2.35. The van der Waals surface area contributed by atoms with Crippen LogP contribution in [0.1, 0.15) is 35.6 Å². The predicted molar refractivity (Wildman–Crippen MR) is 151 cm³/mol. The SMILES string of the molecule is COc1ccc(CNC(=O)N2[C@H]3CN(CC(C)c4ccccc4)C(=O)C(c4ccccc4)N3C(=O)CN2C)cc1. The first kappa shape index (κ1) is 27.2. The zero-order chi connectivity index (χ0) is 28.2. The molecule has 0 spiro atoms. The van der Waals surface area contributed by atoms with Gasteiger partial charge in [0.2, 0.25) is 11.8 Å². The van der Waals surface area contributed by atoms with E-state index in [-0.39, 0.29) is 36.9 Å². The Labute approximate surface area is 234 Å². The van der Waals surface area contributed by atoms with E-state index in [1.165, 1.54) is 0 Å². The Hall–Kier alpha value is -4.37. The third-order valence-electron chi connectivity index (χ3n) is 7.62. The van der Waals surface area contributed by atoms with Gasteiger partial charge in [-0.05, 0) is 34.7 Å². The minimum atomic E-state index is -0.819. The highest BCUT2D eigenvalue weighted by atomic mass is 16.5. The monoisotopic (exact) mass is 541 g/mol. The summed E-state index contributed by atoms with van der Waals surface area (Å²) in [5.74, 6) is 0.484. The molecule has 5 rings (SSSR count). The number of fused-ring (bicyclic) bond motifs is 1. The van der Waals surface area contributed by atoms with E-state index >= 15 is 0 Å². The third-order valence-corrected chi connectivity index (χ3v) is 7.62. The second-order valence-corrected chi connectivity index (χ2v) is 10.3. The highest BCUT2D eigenvalue weighted by molar-refractivity contribution is 5.92. The first-order valence-corrected chi connectivity index (χ1v) is 13.5. The molecule has 4 amide bonds. The molecule has 0 radical (unpaired) electrons. The van der Waals surface area contributed by atoms with Crippen LogP contribution < -0.4 is 10.1 Å². The van der Waals surface area contributed by atoms with Crippen LogP contribution in [0.4, 0.5) is 4.79 Å². The Kier molecular flexibility index (Phi) is 8.02. The summed E-state index contributed by atoms with van der Waals surface area (Å²) in [5.41, 5.74) is 2.77.